The number of nitrogens with two attached hydrogens (primary N) is 1. The molecule has 4 N–H and O–H groups in total. The van der Waals surface area contributed by atoms with Crippen LogP contribution in [0.25, 0.3) is 11.4 Å². The number of aromatic amines is 1. The molecule has 17 heavy (non-hydrogen) atoms. The first-order valence-corrected chi connectivity index (χ1v) is 4.67. The minimum atomic E-state index is -0.347. The number of aromatic nitrogens is 4. The Balaban J connectivity index is 0.00000144. The minimum absolute atomic E-state index is 0. The van der Waals surface area contributed by atoms with Gasteiger partial charge in [-0.2, -0.15) is 0 Å². The normalized spacial score (nSPS) is 9.47. The number of hydrogen-bond acceptors (Lipinski definition) is 4. The van der Waals surface area contributed by atoms with E-state index in [4.69, 9.17) is 5.84 Å². The highest BCUT2D eigenvalue weighted by atomic mass is 35.5. The summed E-state index contributed by atoms with van der Waals surface area (Å²) in [7, 11) is 0. The maximum Gasteiger partial charge on any atom is 0.338 e. The van der Waals surface area contributed by atoms with E-state index < -0.39 is 0 Å². The monoisotopic (exact) mass is 254 g/mol. The standard InChI is InChI=1S/C9H10N6O.ClH/c10-11-8(16)6-15-13-9(12-14-15)7-4-2-1-3-5-7;/h1-5H,6H2,(H3,10,11,12,13,14,16);1H. The Morgan fingerprint density at radius 3 is 2.76 bits per heavy atom. The molecular formula is C9H11ClN6O. The Labute approximate surface area is 103 Å². The van der Waals surface area contributed by atoms with Gasteiger partial charge in [0, 0.05) is 0 Å². The number of amides is 1. The molecule has 1 heterocycles. The number of carbonyl (C=O) groups excluding carboxylic acids is 1. The van der Waals surface area contributed by atoms with E-state index in [9.17, 15) is 4.79 Å². The van der Waals surface area contributed by atoms with E-state index in [1.54, 1.807) is 0 Å². The Morgan fingerprint density at radius 2 is 2.12 bits per heavy atom. The second-order valence-corrected chi connectivity index (χ2v) is 3.13. The van der Waals surface area contributed by atoms with Crippen molar-refractivity contribution in [2.45, 2.75) is 6.54 Å². The van der Waals surface area contributed by atoms with Crippen molar-refractivity contribution in [3.63, 3.8) is 0 Å². The molecule has 0 spiro atoms. The van der Waals surface area contributed by atoms with Crippen molar-refractivity contribution in [3.8, 4) is 11.4 Å². The van der Waals surface area contributed by atoms with Crippen LogP contribution in [0.1, 0.15) is 0 Å². The van der Waals surface area contributed by atoms with Crippen LogP contribution in [0, 0.1) is 0 Å². The molecule has 2 rings (SSSR count). The Bertz CT molecular complexity index is 485. The molecule has 1 amide bonds. The van der Waals surface area contributed by atoms with Crippen LogP contribution >= 0.6 is 0 Å². The fourth-order valence-corrected chi connectivity index (χ4v) is 1.23. The van der Waals surface area contributed by atoms with Crippen LogP contribution in [0.5, 0.6) is 0 Å². The van der Waals surface area contributed by atoms with E-state index in [1.807, 2.05) is 35.8 Å². The van der Waals surface area contributed by atoms with E-state index in [1.165, 1.54) is 4.80 Å². The maximum atomic E-state index is 11.0. The van der Waals surface area contributed by atoms with Gasteiger partial charge in [-0.1, -0.05) is 23.0 Å². The van der Waals surface area contributed by atoms with Crippen molar-refractivity contribution in [3.05, 3.63) is 30.3 Å². The van der Waals surface area contributed by atoms with E-state index in [0.29, 0.717) is 5.82 Å². The van der Waals surface area contributed by atoms with Crippen LogP contribution < -0.4 is 28.5 Å². The number of carbonyl (C=O) groups is 1. The first kappa shape index (κ1) is 13.1. The van der Waals surface area contributed by atoms with Crippen molar-refractivity contribution < 1.29 is 22.0 Å². The van der Waals surface area contributed by atoms with Gasteiger partial charge >= 0.3 is 5.82 Å². The summed E-state index contributed by atoms with van der Waals surface area (Å²) in [4.78, 5) is 12.3. The Kier molecular flexibility index (Phi) is 4.56. The smallest absolute Gasteiger partial charge is 0.338 e. The van der Waals surface area contributed by atoms with Crippen molar-refractivity contribution in [2.75, 3.05) is 0 Å². The topological polar surface area (TPSA) is 101 Å². The van der Waals surface area contributed by atoms with E-state index in [0.717, 1.165) is 5.56 Å². The molecule has 8 heteroatoms. The van der Waals surface area contributed by atoms with Gasteiger partial charge in [0.15, 0.2) is 0 Å². The average molecular weight is 255 g/mol. The highest BCUT2D eigenvalue weighted by Crippen LogP contribution is 2.10. The Morgan fingerprint density at radius 1 is 1.41 bits per heavy atom. The molecule has 0 aliphatic heterocycles. The largest absolute Gasteiger partial charge is 1.00 e. The number of nitrogens with zero attached hydrogens (tertiary/aromatic N) is 3. The summed E-state index contributed by atoms with van der Waals surface area (Å²) in [6.07, 6.45) is 0. The summed E-state index contributed by atoms with van der Waals surface area (Å²) in [6.45, 7) is 0.0103. The third kappa shape index (κ3) is 3.23. The van der Waals surface area contributed by atoms with Gasteiger partial charge < -0.3 is 12.4 Å². The van der Waals surface area contributed by atoms with Crippen molar-refractivity contribution in [2.24, 2.45) is 5.84 Å². The molecular weight excluding hydrogens is 244 g/mol. The summed E-state index contributed by atoms with van der Waals surface area (Å²) < 4.78 is 0. The molecule has 90 valence electrons. The summed E-state index contributed by atoms with van der Waals surface area (Å²) in [5, 5.41) is 10.7. The van der Waals surface area contributed by atoms with Crippen molar-refractivity contribution in [1.29, 1.82) is 0 Å². The Hall–Kier alpha value is -1.99. The van der Waals surface area contributed by atoms with Crippen molar-refractivity contribution in [1.82, 2.24) is 20.8 Å². The van der Waals surface area contributed by atoms with Crippen LogP contribution in [-0.4, -0.2) is 21.3 Å². The predicted octanol–water partition coefficient (Wildman–Crippen LogP) is -4.25. The quantitative estimate of drug-likeness (QED) is 0.224. The molecule has 0 fully saturated rings. The minimum Gasteiger partial charge on any atom is -1.00 e. The number of halogens is 1. The van der Waals surface area contributed by atoms with Crippen LogP contribution in [0.15, 0.2) is 30.3 Å². The molecule has 0 radical (unpaired) electrons. The van der Waals surface area contributed by atoms with Crippen LogP contribution in [0.2, 0.25) is 0 Å². The van der Waals surface area contributed by atoms with E-state index in [2.05, 4.69) is 15.4 Å². The van der Waals surface area contributed by atoms with Gasteiger partial charge in [0.25, 0.3) is 5.91 Å². The van der Waals surface area contributed by atoms with Crippen molar-refractivity contribution >= 4 is 5.91 Å². The number of nitrogens with one attached hydrogen (secondary N) is 2. The van der Waals surface area contributed by atoms with Gasteiger partial charge in [-0.05, 0) is 22.4 Å². The lowest BCUT2D eigenvalue weighted by Gasteiger charge is -1.91. The summed E-state index contributed by atoms with van der Waals surface area (Å²) in [6, 6.07) is 9.46. The summed E-state index contributed by atoms with van der Waals surface area (Å²) >= 11 is 0. The molecule has 7 nitrogen and oxygen atoms in total. The first-order valence-electron chi connectivity index (χ1n) is 4.67. The third-order valence-electron chi connectivity index (χ3n) is 1.97. The van der Waals surface area contributed by atoms with Gasteiger partial charge in [-0.25, -0.2) is 5.84 Å². The molecule has 1 aromatic heterocycles. The highest BCUT2D eigenvalue weighted by Gasteiger charge is 2.15. The predicted molar refractivity (Wildman–Crippen MR) is 54.3 cm³/mol. The van der Waals surface area contributed by atoms with E-state index >= 15 is 0 Å². The molecule has 0 saturated carbocycles. The fraction of sp³-hybridized carbons (Fsp3) is 0.111. The molecule has 1 aromatic carbocycles. The van der Waals surface area contributed by atoms with Gasteiger partial charge in [0.1, 0.15) is 0 Å². The number of rotatable bonds is 3. The molecule has 0 bridgehead atoms. The fourth-order valence-electron chi connectivity index (χ4n) is 1.23. The highest BCUT2D eigenvalue weighted by molar-refractivity contribution is 5.73. The van der Waals surface area contributed by atoms with Gasteiger partial charge in [0.2, 0.25) is 6.54 Å². The van der Waals surface area contributed by atoms with E-state index in [-0.39, 0.29) is 24.9 Å². The molecule has 0 aliphatic rings. The molecule has 0 unspecified atom stereocenters. The zero-order valence-electron chi connectivity index (χ0n) is 8.80. The average Bonchev–Trinajstić information content (AvgIpc) is 2.78. The lowest BCUT2D eigenvalue weighted by Crippen LogP contribution is -3.00. The zero-order chi connectivity index (χ0) is 11.4. The van der Waals surface area contributed by atoms with Gasteiger partial charge in [-0.15, -0.1) is 0 Å². The number of hydrazine groups is 1. The SMILES string of the molecule is NNC(=O)C[n+]1nc(-c2ccccc2)n[nH]1.[Cl-]. The third-order valence-corrected chi connectivity index (χ3v) is 1.97. The number of hydrogen-bond donors (Lipinski definition) is 3. The van der Waals surface area contributed by atoms with Gasteiger partial charge in [0.05, 0.1) is 10.7 Å². The van der Waals surface area contributed by atoms with Crippen LogP contribution in [0.3, 0.4) is 0 Å². The maximum absolute atomic E-state index is 11.0. The summed E-state index contributed by atoms with van der Waals surface area (Å²) in [5.41, 5.74) is 2.90. The summed E-state index contributed by atoms with van der Waals surface area (Å²) in [5.74, 6) is 5.15. The zero-order valence-corrected chi connectivity index (χ0v) is 9.55. The molecule has 2 aromatic rings. The lowest BCUT2D eigenvalue weighted by molar-refractivity contribution is -0.794. The number of H-pyrrole nitrogens is 1. The number of tetrazole rings is 1. The molecule has 0 aliphatic carbocycles. The lowest BCUT2D eigenvalue weighted by atomic mass is 10.2. The van der Waals surface area contributed by atoms with Gasteiger partial charge in [-0.3, -0.25) is 10.2 Å². The number of benzene rings is 1. The molecule has 0 atom stereocenters. The second kappa shape index (κ2) is 5.92. The molecule has 0 saturated heterocycles. The van der Waals surface area contributed by atoms with Crippen LogP contribution in [-0.2, 0) is 11.3 Å². The first-order chi connectivity index (χ1) is 7.79. The van der Waals surface area contributed by atoms with Crippen LogP contribution in [0.4, 0.5) is 0 Å². The second-order valence-electron chi connectivity index (χ2n) is 3.13.